The maximum Gasteiger partial charge on any atom is 0.419 e. The maximum atomic E-state index is 11.4. The fourth-order valence-corrected chi connectivity index (χ4v) is 2.19. The number of rotatable bonds is 5. The van der Waals surface area contributed by atoms with Crippen molar-refractivity contribution in [2.45, 2.75) is 6.42 Å². The van der Waals surface area contributed by atoms with E-state index < -0.39 is 0 Å². The normalized spacial score (nSPS) is 11.6. The largest absolute Gasteiger partial charge is 0.419 e. The molecule has 0 aliphatic rings. The minimum absolute atomic E-state index is 0.318. The van der Waals surface area contributed by atoms with Crippen molar-refractivity contribution in [2.24, 2.45) is 7.05 Å². The van der Waals surface area contributed by atoms with Gasteiger partial charge in [0.05, 0.1) is 5.52 Å². The lowest BCUT2D eigenvalue weighted by molar-refractivity contribution is 0.359. The first-order chi connectivity index (χ1) is 8.61. The molecule has 5 heteroatoms. The summed E-state index contributed by atoms with van der Waals surface area (Å²) in [5.41, 5.74) is 2.68. The highest BCUT2D eigenvalue weighted by atomic mass is 35.5. The molecule has 0 N–H and O–H groups in total. The number of aromatic nitrogens is 1. The van der Waals surface area contributed by atoms with Gasteiger partial charge in [-0.2, -0.15) is 0 Å². The number of halogens is 1. The van der Waals surface area contributed by atoms with E-state index in [2.05, 4.69) is 11.9 Å². The number of aryl methyl sites for hydroxylation is 1. The van der Waals surface area contributed by atoms with Crippen molar-refractivity contribution in [2.75, 3.05) is 26.0 Å². The molecule has 0 atom stereocenters. The van der Waals surface area contributed by atoms with Gasteiger partial charge in [-0.15, -0.1) is 11.6 Å². The highest BCUT2D eigenvalue weighted by molar-refractivity contribution is 6.18. The van der Waals surface area contributed by atoms with E-state index in [1.54, 1.807) is 7.05 Å². The number of fused-ring (bicyclic) bond motifs is 1. The summed E-state index contributed by atoms with van der Waals surface area (Å²) in [4.78, 5) is 13.6. The van der Waals surface area contributed by atoms with E-state index in [1.165, 1.54) is 10.1 Å². The second-order valence-electron chi connectivity index (χ2n) is 4.47. The summed E-state index contributed by atoms with van der Waals surface area (Å²) in [7, 11) is 3.77. The smallest absolute Gasteiger partial charge is 0.408 e. The van der Waals surface area contributed by atoms with Crippen molar-refractivity contribution >= 4 is 22.7 Å². The molecule has 0 amide bonds. The van der Waals surface area contributed by atoms with Gasteiger partial charge in [0.2, 0.25) is 0 Å². The summed E-state index contributed by atoms with van der Waals surface area (Å²) in [6, 6.07) is 5.86. The number of hydrogen-bond acceptors (Lipinski definition) is 3. The molecule has 2 aromatic rings. The Morgan fingerprint density at radius 3 is 2.89 bits per heavy atom. The molecule has 0 aliphatic carbocycles. The van der Waals surface area contributed by atoms with Crippen LogP contribution < -0.4 is 5.76 Å². The first-order valence-electron chi connectivity index (χ1n) is 5.95. The summed E-state index contributed by atoms with van der Waals surface area (Å²) in [6.07, 6.45) is 0.933. The number of benzene rings is 1. The molecule has 0 spiro atoms. The standard InChI is InChI=1S/C13H17ClN2O2/c1-15(8-6-14)7-5-10-3-4-12-11(9-10)16(2)13(17)18-12/h3-4,9H,5-8H2,1-2H3. The van der Waals surface area contributed by atoms with E-state index in [1.807, 2.05) is 18.2 Å². The summed E-state index contributed by atoms with van der Waals surface area (Å²) in [6.45, 7) is 1.83. The van der Waals surface area contributed by atoms with E-state index in [9.17, 15) is 4.79 Å². The van der Waals surface area contributed by atoms with Crippen LogP contribution in [-0.2, 0) is 13.5 Å². The number of alkyl halides is 1. The molecule has 0 saturated carbocycles. The SMILES string of the molecule is CN(CCCl)CCc1ccc2oc(=O)n(C)c2c1. The molecule has 98 valence electrons. The summed E-state index contributed by atoms with van der Waals surface area (Å²) < 4.78 is 6.63. The predicted octanol–water partition coefficient (Wildman–Crippen LogP) is 1.84. The van der Waals surface area contributed by atoms with Crippen molar-refractivity contribution in [3.8, 4) is 0 Å². The molecule has 0 aliphatic heterocycles. The van der Waals surface area contributed by atoms with E-state index in [-0.39, 0.29) is 5.76 Å². The molecule has 4 nitrogen and oxygen atoms in total. The van der Waals surface area contributed by atoms with Gasteiger partial charge in [-0.25, -0.2) is 4.79 Å². The van der Waals surface area contributed by atoms with Crippen molar-refractivity contribution in [3.63, 3.8) is 0 Å². The fraction of sp³-hybridized carbons (Fsp3) is 0.462. The van der Waals surface area contributed by atoms with Crippen LogP contribution in [0.4, 0.5) is 0 Å². The molecule has 1 aromatic carbocycles. The van der Waals surface area contributed by atoms with Crippen molar-refractivity contribution in [1.29, 1.82) is 0 Å². The number of oxazole rings is 1. The first-order valence-corrected chi connectivity index (χ1v) is 6.48. The number of likely N-dealkylation sites (N-methyl/N-ethyl adjacent to an activating group) is 1. The van der Waals surface area contributed by atoms with Crippen LogP contribution in [0, 0.1) is 0 Å². The van der Waals surface area contributed by atoms with Crippen molar-refractivity contribution < 1.29 is 4.42 Å². The Morgan fingerprint density at radius 2 is 2.17 bits per heavy atom. The maximum absolute atomic E-state index is 11.4. The van der Waals surface area contributed by atoms with Crippen LogP contribution in [0.1, 0.15) is 5.56 Å². The molecular weight excluding hydrogens is 252 g/mol. The average molecular weight is 269 g/mol. The van der Waals surface area contributed by atoms with Crippen LogP contribution in [0.3, 0.4) is 0 Å². The van der Waals surface area contributed by atoms with Crippen LogP contribution in [0.15, 0.2) is 27.4 Å². The second-order valence-corrected chi connectivity index (χ2v) is 4.85. The van der Waals surface area contributed by atoms with Crippen LogP contribution >= 0.6 is 11.6 Å². The van der Waals surface area contributed by atoms with Crippen molar-refractivity contribution in [1.82, 2.24) is 9.47 Å². The molecule has 0 fully saturated rings. The van der Waals surface area contributed by atoms with Gasteiger partial charge in [0.1, 0.15) is 0 Å². The minimum Gasteiger partial charge on any atom is -0.408 e. The monoisotopic (exact) mass is 268 g/mol. The van der Waals surface area contributed by atoms with Crippen molar-refractivity contribution in [3.05, 3.63) is 34.3 Å². The Balaban J connectivity index is 2.15. The molecule has 0 bridgehead atoms. The highest BCUT2D eigenvalue weighted by Gasteiger charge is 2.06. The summed E-state index contributed by atoms with van der Waals surface area (Å²) >= 11 is 5.69. The molecule has 0 unspecified atom stereocenters. The summed E-state index contributed by atoms with van der Waals surface area (Å²) in [5.74, 6) is 0.326. The van der Waals surface area contributed by atoms with Crippen LogP contribution in [0.2, 0.25) is 0 Å². The van der Waals surface area contributed by atoms with Gasteiger partial charge in [-0.3, -0.25) is 4.57 Å². The Morgan fingerprint density at radius 1 is 1.39 bits per heavy atom. The van der Waals surface area contributed by atoms with E-state index in [0.717, 1.165) is 25.0 Å². The molecule has 0 radical (unpaired) electrons. The van der Waals surface area contributed by atoms with Gasteiger partial charge in [0, 0.05) is 26.0 Å². The van der Waals surface area contributed by atoms with Gasteiger partial charge in [0.25, 0.3) is 0 Å². The lowest BCUT2D eigenvalue weighted by Crippen LogP contribution is -2.23. The zero-order valence-electron chi connectivity index (χ0n) is 10.6. The third-order valence-corrected chi connectivity index (χ3v) is 3.27. The lowest BCUT2D eigenvalue weighted by atomic mass is 10.1. The second kappa shape index (κ2) is 5.59. The summed E-state index contributed by atoms with van der Waals surface area (Å²) in [5, 5.41) is 0. The molecular formula is C13H17ClN2O2. The Kier molecular flexibility index (Phi) is 4.09. The lowest BCUT2D eigenvalue weighted by Gasteiger charge is -2.14. The number of hydrogen-bond donors (Lipinski definition) is 0. The van der Waals surface area contributed by atoms with Gasteiger partial charge < -0.3 is 9.32 Å². The Bertz CT molecular complexity index is 588. The highest BCUT2D eigenvalue weighted by Crippen LogP contribution is 2.14. The van der Waals surface area contributed by atoms with Crippen LogP contribution in [0.25, 0.3) is 11.1 Å². The van der Waals surface area contributed by atoms with Crippen LogP contribution in [-0.4, -0.2) is 35.5 Å². The third kappa shape index (κ3) is 2.76. The fourth-order valence-electron chi connectivity index (χ4n) is 1.90. The van der Waals surface area contributed by atoms with Crippen LogP contribution in [0.5, 0.6) is 0 Å². The molecule has 2 rings (SSSR count). The third-order valence-electron chi connectivity index (χ3n) is 3.10. The van der Waals surface area contributed by atoms with Gasteiger partial charge >= 0.3 is 5.76 Å². The quantitative estimate of drug-likeness (QED) is 0.777. The van der Waals surface area contributed by atoms with Gasteiger partial charge in [0.15, 0.2) is 5.58 Å². The predicted molar refractivity (Wildman–Crippen MR) is 73.4 cm³/mol. The molecule has 18 heavy (non-hydrogen) atoms. The van der Waals surface area contributed by atoms with E-state index >= 15 is 0 Å². The first kappa shape index (κ1) is 13.2. The molecule has 1 heterocycles. The minimum atomic E-state index is -0.318. The average Bonchev–Trinajstić information content (AvgIpc) is 2.63. The zero-order valence-corrected chi connectivity index (χ0v) is 11.4. The van der Waals surface area contributed by atoms with E-state index in [4.69, 9.17) is 16.0 Å². The topological polar surface area (TPSA) is 38.4 Å². The Hall–Kier alpha value is -1.26. The molecule has 1 aromatic heterocycles. The van der Waals surface area contributed by atoms with E-state index in [0.29, 0.717) is 11.5 Å². The van der Waals surface area contributed by atoms with Gasteiger partial charge in [-0.05, 0) is 31.2 Å². The molecule has 0 saturated heterocycles. The number of nitrogens with zero attached hydrogens (tertiary/aromatic N) is 2. The zero-order chi connectivity index (χ0) is 13.1. The Labute approximate surface area is 111 Å². The van der Waals surface area contributed by atoms with Gasteiger partial charge in [-0.1, -0.05) is 6.07 Å².